The summed E-state index contributed by atoms with van der Waals surface area (Å²) in [6.45, 7) is -0.0774. The molecule has 0 unspecified atom stereocenters. The summed E-state index contributed by atoms with van der Waals surface area (Å²) in [6, 6.07) is 14.4. The number of hydrogen-bond donors (Lipinski definition) is 3. The maximum absolute atomic E-state index is 15.0. The van der Waals surface area contributed by atoms with E-state index in [0.717, 1.165) is 10.9 Å². The number of nitrogens with two attached hydrogens (primary N) is 1. The van der Waals surface area contributed by atoms with Gasteiger partial charge in [0.05, 0.1) is 5.02 Å². The minimum Gasteiger partial charge on any atom is -0.453 e. The second kappa shape index (κ2) is 8.67. The molecule has 0 fully saturated rings. The van der Waals surface area contributed by atoms with Gasteiger partial charge in [-0.1, -0.05) is 46.9 Å². The van der Waals surface area contributed by atoms with Crippen LogP contribution in [0.15, 0.2) is 54.6 Å². The molecule has 4 rings (SSSR count). The highest BCUT2D eigenvalue weighted by Crippen LogP contribution is 2.35. The molecule has 3 aromatic carbocycles. The van der Waals surface area contributed by atoms with E-state index in [1.165, 1.54) is 30.3 Å². The molecule has 4 aromatic rings. The van der Waals surface area contributed by atoms with E-state index < -0.39 is 11.7 Å². The summed E-state index contributed by atoms with van der Waals surface area (Å²) in [4.78, 5) is 15.5. The van der Waals surface area contributed by atoms with Gasteiger partial charge in [-0.15, -0.1) is 0 Å². The first-order chi connectivity index (χ1) is 14.8. The molecular weight excluding hydrogens is 464 g/mol. The standard InChI is InChI=1S/C22H15Cl3FN3O2/c23-13-3-1-11-5-19(29-18(11)8-13)22(30)28-10-12-2-4-17(25)21(20(12)26)31-16-7-14(24)6-15(27)9-16/h1-9,29H,10,27H2,(H,28,30). The van der Waals surface area contributed by atoms with Crippen LogP contribution in [0.25, 0.3) is 10.9 Å². The molecule has 158 valence electrons. The van der Waals surface area contributed by atoms with E-state index in [1.807, 2.05) is 0 Å². The minimum atomic E-state index is -0.699. The lowest BCUT2D eigenvalue weighted by atomic mass is 10.2. The van der Waals surface area contributed by atoms with Gasteiger partial charge in [0.1, 0.15) is 11.4 Å². The monoisotopic (exact) mass is 477 g/mol. The van der Waals surface area contributed by atoms with Gasteiger partial charge in [0.15, 0.2) is 11.6 Å². The highest BCUT2D eigenvalue weighted by Gasteiger charge is 2.17. The van der Waals surface area contributed by atoms with Gasteiger partial charge in [0, 0.05) is 44.8 Å². The van der Waals surface area contributed by atoms with E-state index in [4.69, 9.17) is 45.3 Å². The second-order valence-electron chi connectivity index (χ2n) is 6.77. The number of nitrogen functional groups attached to an aromatic ring is 1. The largest absolute Gasteiger partial charge is 0.453 e. The maximum atomic E-state index is 15.0. The fourth-order valence-corrected chi connectivity index (χ4v) is 3.65. The van der Waals surface area contributed by atoms with Gasteiger partial charge >= 0.3 is 0 Å². The van der Waals surface area contributed by atoms with E-state index in [1.54, 1.807) is 24.3 Å². The average molecular weight is 479 g/mol. The molecule has 0 bridgehead atoms. The Morgan fingerprint density at radius 2 is 1.84 bits per heavy atom. The third-order valence-electron chi connectivity index (χ3n) is 4.51. The normalized spacial score (nSPS) is 11.0. The fourth-order valence-electron chi connectivity index (χ4n) is 3.06. The second-order valence-corrected chi connectivity index (χ2v) is 8.05. The number of aromatic amines is 1. The number of halogens is 4. The van der Waals surface area contributed by atoms with Crippen molar-refractivity contribution in [3.8, 4) is 11.5 Å². The maximum Gasteiger partial charge on any atom is 0.267 e. The summed E-state index contributed by atoms with van der Waals surface area (Å²) in [5.41, 5.74) is 7.36. The van der Waals surface area contributed by atoms with Crippen molar-refractivity contribution in [1.82, 2.24) is 10.3 Å². The fraction of sp³-hybridized carbons (Fsp3) is 0.0455. The average Bonchev–Trinajstić information content (AvgIpc) is 3.13. The number of benzene rings is 3. The van der Waals surface area contributed by atoms with Crippen molar-refractivity contribution < 1.29 is 13.9 Å². The van der Waals surface area contributed by atoms with Crippen LogP contribution in [-0.2, 0) is 6.54 Å². The van der Waals surface area contributed by atoms with Crippen LogP contribution in [0.5, 0.6) is 11.5 Å². The lowest BCUT2D eigenvalue weighted by Crippen LogP contribution is -2.23. The van der Waals surface area contributed by atoms with Crippen molar-refractivity contribution in [2.45, 2.75) is 6.54 Å². The minimum absolute atomic E-state index is 0.0682. The Morgan fingerprint density at radius 3 is 2.61 bits per heavy atom. The highest BCUT2D eigenvalue weighted by molar-refractivity contribution is 6.32. The molecule has 1 heterocycles. The van der Waals surface area contributed by atoms with Crippen molar-refractivity contribution in [3.63, 3.8) is 0 Å². The molecule has 1 amide bonds. The van der Waals surface area contributed by atoms with Gasteiger partial charge in [0.25, 0.3) is 5.91 Å². The smallest absolute Gasteiger partial charge is 0.267 e. The molecule has 0 saturated carbocycles. The Morgan fingerprint density at radius 1 is 1.03 bits per heavy atom. The molecule has 0 aliphatic rings. The number of carbonyl (C=O) groups excluding carboxylic acids is 1. The first-order valence-electron chi connectivity index (χ1n) is 9.07. The number of rotatable bonds is 5. The molecule has 0 spiro atoms. The molecular formula is C22H15Cl3FN3O2. The molecule has 4 N–H and O–H groups in total. The Hall–Kier alpha value is -2.93. The topological polar surface area (TPSA) is 80.1 Å². The molecule has 0 atom stereocenters. The number of aromatic nitrogens is 1. The molecule has 0 radical (unpaired) electrons. The number of nitrogens with one attached hydrogen (secondary N) is 2. The van der Waals surface area contributed by atoms with Gasteiger partial charge in [0.2, 0.25) is 0 Å². The number of hydrogen-bond acceptors (Lipinski definition) is 3. The quantitative estimate of drug-likeness (QED) is 0.284. The molecule has 0 aliphatic carbocycles. The Balaban J connectivity index is 1.53. The predicted octanol–water partition coefficient (Wildman–Crippen LogP) is 6.57. The molecule has 0 saturated heterocycles. The summed E-state index contributed by atoms with van der Waals surface area (Å²) >= 11 is 18.0. The zero-order chi connectivity index (χ0) is 22.1. The molecule has 9 heteroatoms. The van der Waals surface area contributed by atoms with E-state index in [-0.39, 0.29) is 28.6 Å². The first kappa shape index (κ1) is 21.3. The van der Waals surface area contributed by atoms with Crippen LogP contribution in [0.1, 0.15) is 16.1 Å². The van der Waals surface area contributed by atoms with E-state index in [0.29, 0.717) is 21.4 Å². The number of carbonyl (C=O) groups is 1. The van der Waals surface area contributed by atoms with Crippen molar-refractivity contribution in [1.29, 1.82) is 0 Å². The van der Waals surface area contributed by atoms with Crippen molar-refractivity contribution >= 4 is 57.3 Å². The van der Waals surface area contributed by atoms with Crippen LogP contribution in [0, 0.1) is 5.82 Å². The molecule has 0 aliphatic heterocycles. The van der Waals surface area contributed by atoms with Crippen LogP contribution in [0.4, 0.5) is 10.1 Å². The number of amides is 1. The number of ether oxygens (including phenoxy) is 1. The van der Waals surface area contributed by atoms with Crippen LogP contribution in [0.2, 0.25) is 15.1 Å². The van der Waals surface area contributed by atoms with Gasteiger partial charge < -0.3 is 20.8 Å². The highest BCUT2D eigenvalue weighted by atomic mass is 35.5. The first-order valence-corrected chi connectivity index (χ1v) is 10.2. The van der Waals surface area contributed by atoms with Gasteiger partial charge in [-0.25, -0.2) is 4.39 Å². The van der Waals surface area contributed by atoms with Crippen molar-refractivity contribution in [2.24, 2.45) is 0 Å². The molecule has 5 nitrogen and oxygen atoms in total. The summed E-state index contributed by atoms with van der Waals surface area (Å²) in [5, 5.41) is 4.48. The number of H-pyrrole nitrogens is 1. The summed E-state index contributed by atoms with van der Waals surface area (Å²) in [7, 11) is 0. The van der Waals surface area contributed by atoms with E-state index >= 15 is 4.39 Å². The zero-order valence-electron chi connectivity index (χ0n) is 15.8. The summed E-state index contributed by atoms with van der Waals surface area (Å²) in [5.74, 6) is -1.04. The number of anilines is 1. The van der Waals surface area contributed by atoms with Crippen LogP contribution in [0.3, 0.4) is 0 Å². The van der Waals surface area contributed by atoms with Crippen LogP contribution >= 0.6 is 34.8 Å². The lowest BCUT2D eigenvalue weighted by molar-refractivity contribution is 0.0946. The molecule has 1 aromatic heterocycles. The third kappa shape index (κ3) is 4.71. The summed E-state index contributed by atoms with van der Waals surface area (Å²) < 4.78 is 20.6. The van der Waals surface area contributed by atoms with E-state index in [9.17, 15) is 4.79 Å². The van der Waals surface area contributed by atoms with Gasteiger partial charge in [-0.3, -0.25) is 4.79 Å². The molecule has 31 heavy (non-hydrogen) atoms. The van der Waals surface area contributed by atoms with Gasteiger partial charge in [-0.2, -0.15) is 0 Å². The van der Waals surface area contributed by atoms with Crippen LogP contribution in [-0.4, -0.2) is 10.9 Å². The van der Waals surface area contributed by atoms with Gasteiger partial charge in [-0.05, 0) is 36.4 Å². The predicted molar refractivity (Wildman–Crippen MR) is 122 cm³/mol. The lowest BCUT2D eigenvalue weighted by Gasteiger charge is -2.13. The Bertz CT molecular complexity index is 1290. The SMILES string of the molecule is Nc1cc(Cl)cc(Oc2c(Cl)ccc(CNC(=O)c3cc4ccc(Cl)cc4[nH]3)c2F)c1. The number of fused-ring (bicyclic) bond motifs is 1. The third-order valence-corrected chi connectivity index (χ3v) is 5.26. The summed E-state index contributed by atoms with van der Waals surface area (Å²) in [6.07, 6.45) is 0. The Labute approximate surface area is 191 Å². The van der Waals surface area contributed by atoms with E-state index in [2.05, 4.69) is 10.3 Å². The van der Waals surface area contributed by atoms with Crippen molar-refractivity contribution in [3.05, 3.63) is 86.7 Å². The zero-order valence-corrected chi connectivity index (χ0v) is 18.1. The van der Waals surface area contributed by atoms with Crippen molar-refractivity contribution in [2.75, 3.05) is 5.73 Å². The van der Waals surface area contributed by atoms with Crippen LogP contribution < -0.4 is 15.8 Å². The Kier molecular flexibility index (Phi) is 5.96.